The lowest BCUT2D eigenvalue weighted by Gasteiger charge is -2.39. The minimum absolute atomic E-state index is 0. The summed E-state index contributed by atoms with van der Waals surface area (Å²) in [4.78, 5) is 20.4. The molecule has 3 heterocycles. The van der Waals surface area contributed by atoms with E-state index in [4.69, 9.17) is 0 Å². The zero-order chi connectivity index (χ0) is 16.4. The number of nitrogens with one attached hydrogen (secondary N) is 1. The van der Waals surface area contributed by atoms with Crippen molar-refractivity contribution < 1.29 is 13.6 Å². The van der Waals surface area contributed by atoms with Gasteiger partial charge in [0, 0.05) is 44.5 Å². The van der Waals surface area contributed by atoms with Crippen LogP contribution in [-0.4, -0.2) is 64.5 Å². The topological polar surface area (TPSA) is 53.4 Å². The minimum Gasteiger partial charge on any atom is -0.340 e. The molecule has 0 aromatic carbocycles. The molecule has 6 nitrogen and oxygen atoms in total. The summed E-state index contributed by atoms with van der Waals surface area (Å²) < 4.78 is 26.6. The zero-order valence-electron chi connectivity index (χ0n) is 14.1. The molecule has 0 radical (unpaired) electrons. The number of hydrogen-bond acceptors (Lipinski definition) is 4. The van der Waals surface area contributed by atoms with Gasteiger partial charge in [-0.3, -0.25) is 14.3 Å². The molecule has 2 fully saturated rings. The van der Waals surface area contributed by atoms with E-state index >= 15 is 0 Å². The molecular weight excluding hydrogens is 375 g/mol. The van der Waals surface area contributed by atoms with Crippen molar-refractivity contribution in [2.75, 3.05) is 39.3 Å². The fourth-order valence-electron chi connectivity index (χ4n) is 3.12. The largest absolute Gasteiger partial charge is 0.340 e. The molecule has 144 valence electrons. The normalized spacial score (nSPS) is 19.8. The summed E-state index contributed by atoms with van der Waals surface area (Å²) in [6.45, 7) is 4.35. The summed E-state index contributed by atoms with van der Waals surface area (Å²) in [5.41, 5.74) is 0. The van der Waals surface area contributed by atoms with Crippen LogP contribution in [0.5, 0.6) is 0 Å². The van der Waals surface area contributed by atoms with Crippen molar-refractivity contribution in [3.05, 3.63) is 18.2 Å². The third-order valence-electron chi connectivity index (χ3n) is 4.92. The molecule has 0 bridgehead atoms. The second-order valence-corrected chi connectivity index (χ2v) is 6.34. The Balaban J connectivity index is 0.00000156. The summed E-state index contributed by atoms with van der Waals surface area (Å²) >= 11 is 0. The average molecular weight is 400 g/mol. The fraction of sp³-hybridized carbons (Fsp3) is 0.733. The van der Waals surface area contributed by atoms with Crippen molar-refractivity contribution >= 4 is 30.7 Å². The van der Waals surface area contributed by atoms with Crippen LogP contribution in [0.3, 0.4) is 0 Å². The molecule has 0 saturated carbocycles. The zero-order valence-corrected chi connectivity index (χ0v) is 15.7. The van der Waals surface area contributed by atoms with Gasteiger partial charge in [-0.15, -0.1) is 24.8 Å². The van der Waals surface area contributed by atoms with Crippen LogP contribution in [-0.2, 0) is 11.3 Å². The highest BCUT2D eigenvalue weighted by Gasteiger charge is 2.33. The molecule has 25 heavy (non-hydrogen) atoms. The van der Waals surface area contributed by atoms with E-state index in [1.165, 1.54) is 12.4 Å². The van der Waals surface area contributed by atoms with Gasteiger partial charge in [-0.1, -0.05) is 6.92 Å². The summed E-state index contributed by atoms with van der Waals surface area (Å²) in [6, 6.07) is 0. The van der Waals surface area contributed by atoms with Gasteiger partial charge in [0.05, 0.1) is 6.54 Å². The van der Waals surface area contributed by atoms with E-state index in [2.05, 4.69) is 15.2 Å². The van der Waals surface area contributed by atoms with Crippen LogP contribution in [0.1, 0.15) is 19.3 Å². The number of hydrogen-bond donors (Lipinski definition) is 1. The Labute approximate surface area is 158 Å². The lowest BCUT2D eigenvalue weighted by molar-refractivity contribution is -0.139. The van der Waals surface area contributed by atoms with Gasteiger partial charge in [0.25, 0.3) is 0 Å². The maximum absolute atomic E-state index is 12.8. The first-order chi connectivity index (χ1) is 11.1. The second-order valence-electron chi connectivity index (χ2n) is 6.34. The number of alkyl halides is 2. The number of imidazole rings is 1. The van der Waals surface area contributed by atoms with E-state index in [-0.39, 0.29) is 36.6 Å². The standard InChI is InChI=1S/C15H23F2N5O.2ClH/c1-11(12-8-18-9-12)14(23)21-6-4-20(5-7-21)10-13-19-2-3-22(13)15(16)17;;/h2-3,11-12,15,18H,4-10H2,1H3;2*1H. The van der Waals surface area contributed by atoms with Crippen molar-refractivity contribution in [1.29, 1.82) is 0 Å². The van der Waals surface area contributed by atoms with Crippen molar-refractivity contribution in [2.24, 2.45) is 11.8 Å². The number of carbonyl (C=O) groups is 1. The molecule has 0 aliphatic carbocycles. The molecule has 1 atom stereocenters. The van der Waals surface area contributed by atoms with Gasteiger partial charge in [-0.2, -0.15) is 8.78 Å². The monoisotopic (exact) mass is 399 g/mol. The Morgan fingerprint density at radius 3 is 2.44 bits per heavy atom. The van der Waals surface area contributed by atoms with Gasteiger partial charge in [0.2, 0.25) is 5.91 Å². The van der Waals surface area contributed by atoms with Gasteiger partial charge < -0.3 is 10.2 Å². The maximum atomic E-state index is 12.8. The molecule has 1 unspecified atom stereocenters. The molecule has 2 aliphatic heterocycles. The van der Waals surface area contributed by atoms with E-state index in [1.807, 2.05) is 11.8 Å². The fourth-order valence-corrected chi connectivity index (χ4v) is 3.12. The third-order valence-corrected chi connectivity index (χ3v) is 4.92. The van der Waals surface area contributed by atoms with E-state index in [9.17, 15) is 13.6 Å². The molecule has 0 spiro atoms. The number of aromatic nitrogens is 2. The van der Waals surface area contributed by atoms with E-state index in [0.29, 0.717) is 44.5 Å². The van der Waals surface area contributed by atoms with Crippen molar-refractivity contribution in [1.82, 2.24) is 24.7 Å². The summed E-state index contributed by atoms with van der Waals surface area (Å²) in [6.07, 6.45) is 2.70. The van der Waals surface area contributed by atoms with Gasteiger partial charge in [-0.05, 0) is 19.0 Å². The lowest BCUT2D eigenvalue weighted by atomic mass is 9.88. The van der Waals surface area contributed by atoms with Crippen LogP contribution < -0.4 is 5.32 Å². The molecule has 1 amide bonds. The first kappa shape index (κ1) is 22.1. The quantitative estimate of drug-likeness (QED) is 0.817. The van der Waals surface area contributed by atoms with Crippen LogP contribution in [0.25, 0.3) is 0 Å². The van der Waals surface area contributed by atoms with Crippen molar-refractivity contribution in [2.45, 2.75) is 20.0 Å². The predicted octanol–water partition coefficient (Wildman–Crippen LogP) is 1.62. The Bertz CT molecular complexity index is 548. The third kappa shape index (κ3) is 5.03. The summed E-state index contributed by atoms with van der Waals surface area (Å²) in [7, 11) is 0. The molecule has 2 aliphatic rings. The van der Waals surface area contributed by atoms with Crippen molar-refractivity contribution in [3.8, 4) is 0 Å². The van der Waals surface area contributed by atoms with Crippen LogP contribution in [0.4, 0.5) is 8.78 Å². The molecule has 1 aromatic heterocycles. The number of rotatable bonds is 5. The first-order valence-corrected chi connectivity index (χ1v) is 8.08. The predicted molar refractivity (Wildman–Crippen MR) is 95.4 cm³/mol. The average Bonchev–Trinajstić information content (AvgIpc) is 2.94. The SMILES string of the molecule is CC(C(=O)N1CCN(Cc2nccn2C(F)F)CC1)C1CNC1.Cl.Cl. The molecule has 10 heteroatoms. The Morgan fingerprint density at radius 2 is 1.92 bits per heavy atom. The van der Waals surface area contributed by atoms with Crippen LogP contribution in [0, 0.1) is 11.8 Å². The smallest absolute Gasteiger partial charge is 0.319 e. The number of piperazine rings is 1. The van der Waals surface area contributed by atoms with Gasteiger partial charge in [-0.25, -0.2) is 4.98 Å². The summed E-state index contributed by atoms with van der Waals surface area (Å²) in [5.74, 6) is 1.08. The Morgan fingerprint density at radius 1 is 1.28 bits per heavy atom. The summed E-state index contributed by atoms with van der Waals surface area (Å²) in [5, 5.41) is 3.20. The van der Waals surface area contributed by atoms with Crippen LogP contribution >= 0.6 is 24.8 Å². The lowest BCUT2D eigenvalue weighted by Crippen LogP contribution is -2.54. The molecule has 2 saturated heterocycles. The number of nitrogens with zero attached hydrogens (tertiary/aromatic N) is 4. The Hall–Kier alpha value is -0.960. The molecule has 1 N–H and O–H groups in total. The van der Waals surface area contributed by atoms with Crippen LogP contribution in [0.15, 0.2) is 12.4 Å². The number of halogens is 4. The number of carbonyl (C=O) groups excluding carboxylic acids is 1. The van der Waals surface area contributed by atoms with Gasteiger partial charge >= 0.3 is 6.55 Å². The van der Waals surface area contributed by atoms with Crippen molar-refractivity contribution in [3.63, 3.8) is 0 Å². The van der Waals surface area contributed by atoms with Gasteiger partial charge in [0.1, 0.15) is 5.82 Å². The highest BCUT2D eigenvalue weighted by atomic mass is 35.5. The van der Waals surface area contributed by atoms with E-state index < -0.39 is 6.55 Å². The molecule has 3 rings (SSSR count). The molecular formula is C15H25Cl2F2N5O. The van der Waals surface area contributed by atoms with E-state index in [1.54, 1.807) is 0 Å². The maximum Gasteiger partial charge on any atom is 0.319 e. The molecule has 1 aromatic rings. The highest BCUT2D eigenvalue weighted by Crippen LogP contribution is 2.20. The van der Waals surface area contributed by atoms with Crippen LogP contribution in [0.2, 0.25) is 0 Å². The highest BCUT2D eigenvalue weighted by molar-refractivity contribution is 5.85. The number of amides is 1. The first-order valence-electron chi connectivity index (χ1n) is 8.08. The second kappa shape index (κ2) is 9.66. The Kier molecular flexibility index (Phi) is 8.53. The van der Waals surface area contributed by atoms with Gasteiger partial charge in [0.15, 0.2) is 0 Å². The van der Waals surface area contributed by atoms with E-state index in [0.717, 1.165) is 17.7 Å². The minimum atomic E-state index is -2.56.